The number of thioether (sulfide) groups is 1. The smallest absolute Gasteiger partial charge is 0.275 e. The molecule has 2 rings (SSSR count). The zero-order valence-corrected chi connectivity index (χ0v) is 14.1. The Hall–Kier alpha value is -1.71. The highest BCUT2D eigenvalue weighted by molar-refractivity contribution is 7.98. The zero-order chi connectivity index (χ0) is 16.9. The molecule has 7 nitrogen and oxygen atoms in total. The molecule has 1 aromatic carbocycles. The van der Waals surface area contributed by atoms with E-state index in [2.05, 4.69) is 15.8 Å². The molecular weight excluding hydrogens is 338 g/mol. The first-order chi connectivity index (χ1) is 10.9. The largest absolute Gasteiger partial charge is 0.347 e. The second-order valence-electron chi connectivity index (χ2n) is 4.97. The Bertz CT molecular complexity index is 731. The highest BCUT2D eigenvalue weighted by Crippen LogP contribution is 2.13. The molecule has 1 atom stereocenters. The van der Waals surface area contributed by atoms with Gasteiger partial charge in [0.25, 0.3) is 5.91 Å². The van der Waals surface area contributed by atoms with Crippen LogP contribution >= 0.6 is 11.8 Å². The van der Waals surface area contributed by atoms with E-state index in [1.165, 1.54) is 11.1 Å². The molecule has 9 heteroatoms. The van der Waals surface area contributed by atoms with Crippen molar-refractivity contribution in [3.8, 4) is 0 Å². The molecule has 1 heterocycles. The van der Waals surface area contributed by atoms with E-state index in [0.29, 0.717) is 5.75 Å². The van der Waals surface area contributed by atoms with E-state index in [9.17, 15) is 18.0 Å². The fourth-order valence-electron chi connectivity index (χ4n) is 1.97. The molecule has 1 aliphatic heterocycles. The van der Waals surface area contributed by atoms with Crippen molar-refractivity contribution in [2.24, 2.45) is 4.99 Å². The van der Waals surface area contributed by atoms with Gasteiger partial charge in [-0.15, -0.1) is 0 Å². The van der Waals surface area contributed by atoms with E-state index in [1.807, 2.05) is 30.4 Å². The number of benzene rings is 1. The van der Waals surface area contributed by atoms with Crippen LogP contribution in [-0.4, -0.2) is 44.1 Å². The molecule has 1 aromatic rings. The van der Waals surface area contributed by atoms with Crippen molar-refractivity contribution < 1.29 is 18.0 Å². The van der Waals surface area contributed by atoms with Crippen molar-refractivity contribution >= 4 is 39.9 Å². The second kappa shape index (κ2) is 7.71. The van der Waals surface area contributed by atoms with Crippen LogP contribution in [0.1, 0.15) is 11.1 Å². The van der Waals surface area contributed by atoms with Crippen LogP contribution in [0, 0.1) is 6.92 Å². The van der Waals surface area contributed by atoms with Gasteiger partial charge in [0.1, 0.15) is 0 Å². The van der Waals surface area contributed by atoms with Gasteiger partial charge in [0.15, 0.2) is 5.25 Å². The number of imide groups is 1. The number of hydrogen-bond donors (Lipinski definition) is 2. The Kier molecular flexibility index (Phi) is 5.91. The van der Waals surface area contributed by atoms with E-state index < -0.39 is 27.2 Å². The molecule has 0 bridgehead atoms. The third-order valence-corrected chi connectivity index (χ3v) is 5.69. The summed E-state index contributed by atoms with van der Waals surface area (Å²) in [7, 11) is -3.88. The molecule has 2 N–H and O–H groups in total. The summed E-state index contributed by atoms with van der Waals surface area (Å²) >= 11 is 1.59. The van der Waals surface area contributed by atoms with Crippen LogP contribution in [0.15, 0.2) is 29.3 Å². The molecule has 1 unspecified atom stereocenters. The molecule has 23 heavy (non-hydrogen) atoms. The van der Waals surface area contributed by atoms with Crippen LogP contribution in [0.25, 0.3) is 0 Å². The van der Waals surface area contributed by atoms with E-state index >= 15 is 0 Å². The third-order valence-electron chi connectivity index (χ3n) is 3.05. The number of hydrogen-bond acceptors (Lipinski definition) is 5. The van der Waals surface area contributed by atoms with Gasteiger partial charge in [-0.2, -0.15) is 11.8 Å². The van der Waals surface area contributed by atoms with Crippen molar-refractivity contribution in [2.75, 3.05) is 12.3 Å². The van der Waals surface area contributed by atoms with Gasteiger partial charge in [0.2, 0.25) is 10.0 Å². The molecule has 0 saturated carbocycles. The van der Waals surface area contributed by atoms with Gasteiger partial charge in [-0.25, -0.2) is 22.9 Å². The fraction of sp³-hybridized carbons (Fsp3) is 0.357. The standard InChI is InChI=1S/C14H17N3O4S2/c1-10-3-2-4-11(7-10)9-22-6-5-16-23(20,21)12-8-15-14(19)17-13(12)18/h2-4,7-8,12,16H,5-6,9H2,1H3,(H,17,18,19). The topological polar surface area (TPSA) is 105 Å². The first-order valence-electron chi connectivity index (χ1n) is 6.89. The lowest BCUT2D eigenvalue weighted by molar-refractivity contribution is -0.118. The third kappa shape index (κ3) is 5.15. The van der Waals surface area contributed by atoms with Crippen LogP contribution in [0.3, 0.4) is 0 Å². The van der Waals surface area contributed by atoms with Crippen molar-refractivity contribution in [1.29, 1.82) is 0 Å². The molecule has 124 valence electrons. The molecular formula is C14H17N3O4S2. The highest BCUT2D eigenvalue weighted by atomic mass is 32.2. The SMILES string of the molecule is Cc1cccc(CSCCNS(=O)(=O)C2C=NC(=O)NC2=O)c1. The lowest BCUT2D eigenvalue weighted by Crippen LogP contribution is -2.50. The van der Waals surface area contributed by atoms with E-state index in [1.54, 1.807) is 11.8 Å². The number of carbonyl (C=O) groups is 2. The summed E-state index contributed by atoms with van der Waals surface area (Å²) in [4.78, 5) is 25.7. The fourth-order valence-corrected chi connectivity index (χ4v) is 4.03. The van der Waals surface area contributed by atoms with Crippen LogP contribution in [0.5, 0.6) is 0 Å². The maximum absolute atomic E-state index is 12.0. The van der Waals surface area contributed by atoms with Gasteiger partial charge in [-0.05, 0) is 12.5 Å². The molecule has 0 aromatic heterocycles. The summed E-state index contributed by atoms with van der Waals surface area (Å²) in [5.74, 6) is 0.464. The predicted molar refractivity (Wildman–Crippen MR) is 90.1 cm³/mol. The van der Waals surface area contributed by atoms with E-state index in [4.69, 9.17) is 0 Å². The zero-order valence-electron chi connectivity index (χ0n) is 12.5. The summed E-state index contributed by atoms with van der Waals surface area (Å²) in [6.45, 7) is 2.22. The number of nitrogens with one attached hydrogen (secondary N) is 2. The Balaban J connectivity index is 1.78. The first kappa shape index (κ1) is 17.6. The number of nitrogens with zero attached hydrogens (tertiary/aromatic N) is 1. The van der Waals surface area contributed by atoms with Crippen molar-refractivity contribution in [1.82, 2.24) is 10.0 Å². The number of amides is 3. The molecule has 3 amide bonds. The second-order valence-corrected chi connectivity index (χ2v) is 7.97. The van der Waals surface area contributed by atoms with Crippen molar-refractivity contribution in [3.05, 3.63) is 35.4 Å². The molecule has 0 saturated heterocycles. The maximum atomic E-state index is 12.0. The van der Waals surface area contributed by atoms with Crippen LogP contribution in [0.4, 0.5) is 4.79 Å². The van der Waals surface area contributed by atoms with E-state index in [-0.39, 0.29) is 6.54 Å². The lowest BCUT2D eigenvalue weighted by Gasteiger charge is -2.16. The van der Waals surface area contributed by atoms with Gasteiger partial charge in [0, 0.05) is 24.3 Å². The molecule has 0 spiro atoms. The van der Waals surface area contributed by atoms with Gasteiger partial charge in [-0.3, -0.25) is 10.1 Å². The Labute approximate surface area is 139 Å². The summed E-state index contributed by atoms with van der Waals surface area (Å²) < 4.78 is 26.4. The summed E-state index contributed by atoms with van der Waals surface area (Å²) in [5, 5.41) is 0.393. The minimum Gasteiger partial charge on any atom is -0.275 e. The monoisotopic (exact) mass is 355 g/mol. The average Bonchev–Trinajstić information content (AvgIpc) is 2.46. The summed E-state index contributed by atoms with van der Waals surface area (Å²) in [5.41, 5.74) is 2.36. The number of aryl methyl sites for hydroxylation is 1. The number of carbonyl (C=O) groups excluding carboxylic acids is 2. The maximum Gasteiger partial charge on any atom is 0.347 e. The Morgan fingerprint density at radius 2 is 2.13 bits per heavy atom. The summed E-state index contributed by atoms with van der Waals surface area (Å²) in [6.07, 6.45) is 0.851. The number of urea groups is 1. The van der Waals surface area contributed by atoms with Crippen LogP contribution in [-0.2, 0) is 20.6 Å². The number of rotatable bonds is 7. The molecule has 0 aliphatic carbocycles. The van der Waals surface area contributed by atoms with Crippen molar-refractivity contribution in [2.45, 2.75) is 17.9 Å². The molecule has 1 aliphatic rings. The average molecular weight is 355 g/mol. The first-order valence-corrected chi connectivity index (χ1v) is 9.59. The predicted octanol–water partition coefficient (Wildman–Crippen LogP) is 0.837. The Morgan fingerprint density at radius 1 is 1.35 bits per heavy atom. The summed E-state index contributed by atoms with van der Waals surface area (Å²) in [6, 6.07) is 7.25. The van der Waals surface area contributed by atoms with Gasteiger partial charge >= 0.3 is 6.03 Å². The van der Waals surface area contributed by atoms with Gasteiger partial charge in [-0.1, -0.05) is 29.8 Å². The Morgan fingerprint density at radius 3 is 2.83 bits per heavy atom. The number of aliphatic imine (C=N–C) groups is 1. The normalized spacial score (nSPS) is 18.0. The minimum absolute atomic E-state index is 0.199. The lowest BCUT2D eigenvalue weighted by atomic mass is 10.2. The van der Waals surface area contributed by atoms with Crippen LogP contribution in [0.2, 0.25) is 0 Å². The van der Waals surface area contributed by atoms with Gasteiger partial charge in [0.05, 0.1) is 0 Å². The van der Waals surface area contributed by atoms with Crippen LogP contribution < -0.4 is 10.0 Å². The van der Waals surface area contributed by atoms with E-state index in [0.717, 1.165) is 12.0 Å². The highest BCUT2D eigenvalue weighted by Gasteiger charge is 2.34. The van der Waals surface area contributed by atoms with Gasteiger partial charge < -0.3 is 0 Å². The quantitative estimate of drug-likeness (QED) is 0.705. The molecule has 0 radical (unpaired) electrons. The molecule has 0 fully saturated rings. The minimum atomic E-state index is -3.88. The van der Waals surface area contributed by atoms with Crippen molar-refractivity contribution in [3.63, 3.8) is 0 Å². The number of sulfonamides is 1.